The van der Waals surface area contributed by atoms with E-state index in [2.05, 4.69) is 15.6 Å². The van der Waals surface area contributed by atoms with Crippen LogP contribution in [0.3, 0.4) is 0 Å². The van der Waals surface area contributed by atoms with Crippen LogP contribution in [-0.2, 0) is 17.8 Å². The van der Waals surface area contributed by atoms with Crippen molar-refractivity contribution >= 4 is 17.4 Å². The monoisotopic (exact) mass is 367 g/mol. The van der Waals surface area contributed by atoms with E-state index in [1.807, 2.05) is 53.4 Å². The first-order valence-corrected chi connectivity index (χ1v) is 8.60. The second-order valence-corrected chi connectivity index (χ2v) is 5.96. The molecule has 0 radical (unpaired) electrons. The highest BCUT2D eigenvalue weighted by Gasteiger charge is 2.16. The zero-order chi connectivity index (χ0) is 19.4. The predicted octanol–water partition coefficient (Wildman–Crippen LogP) is 1.57. The third-order valence-corrected chi connectivity index (χ3v) is 4.23. The lowest BCUT2D eigenvalue weighted by atomic mass is 10.1. The van der Waals surface area contributed by atoms with Crippen molar-refractivity contribution in [1.82, 2.24) is 14.1 Å². The van der Waals surface area contributed by atoms with Gasteiger partial charge in [-0.25, -0.2) is 4.79 Å². The molecule has 0 aliphatic heterocycles. The summed E-state index contributed by atoms with van der Waals surface area (Å²) in [5.41, 5.74) is 0.833. The van der Waals surface area contributed by atoms with Crippen LogP contribution in [0.5, 0.6) is 0 Å². The fraction of sp³-hybridized carbons (Fsp3) is 0.211. The van der Waals surface area contributed by atoms with Crippen LogP contribution >= 0.6 is 0 Å². The van der Waals surface area contributed by atoms with E-state index >= 15 is 0 Å². The van der Waals surface area contributed by atoms with Gasteiger partial charge < -0.3 is 15.2 Å². The molecular formula is C19H21N5O3. The number of anilines is 2. The van der Waals surface area contributed by atoms with E-state index in [9.17, 15) is 14.4 Å². The molecule has 2 aromatic heterocycles. The van der Waals surface area contributed by atoms with E-state index in [0.29, 0.717) is 6.54 Å². The molecule has 3 N–H and O–H groups in total. The summed E-state index contributed by atoms with van der Waals surface area (Å²) in [6.07, 6.45) is 4.01. The normalized spacial score (nSPS) is 10.6. The molecule has 8 heteroatoms. The summed E-state index contributed by atoms with van der Waals surface area (Å²) in [4.78, 5) is 38.7. The number of carbonyl (C=O) groups excluding carboxylic acids is 1. The number of nitrogens with zero attached hydrogens (tertiary/aromatic N) is 2. The number of aromatic amines is 1. The average Bonchev–Trinajstić information content (AvgIpc) is 3.17. The summed E-state index contributed by atoms with van der Waals surface area (Å²) >= 11 is 0. The van der Waals surface area contributed by atoms with Crippen molar-refractivity contribution in [2.45, 2.75) is 19.9 Å². The number of hydrogen-bond acceptors (Lipinski definition) is 4. The number of rotatable bonds is 6. The van der Waals surface area contributed by atoms with Crippen LogP contribution in [-0.4, -0.2) is 27.1 Å². The van der Waals surface area contributed by atoms with Crippen LogP contribution in [0.1, 0.15) is 12.5 Å². The second kappa shape index (κ2) is 7.77. The molecule has 0 saturated carbocycles. The first-order valence-electron chi connectivity index (χ1n) is 8.60. The Morgan fingerprint density at radius 2 is 1.78 bits per heavy atom. The van der Waals surface area contributed by atoms with E-state index in [-0.39, 0.29) is 23.8 Å². The Kier molecular flexibility index (Phi) is 5.25. The van der Waals surface area contributed by atoms with E-state index in [0.717, 1.165) is 11.3 Å². The van der Waals surface area contributed by atoms with Gasteiger partial charge >= 0.3 is 5.69 Å². The van der Waals surface area contributed by atoms with Gasteiger partial charge in [-0.3, -0.25) is 19.1 Å². The Morgan fingerprint density at radius 1 is 1.11 bits per heavy atom. The molecule has 0 saturated heterocycles. The Labute approximate surface area is 155 Å². The Bertz CT molecular complexity index is 1010. The topological polar surface area (TPSA) is 101 Å². The van der Waals surface area contributed by atoms with Crippen LogP contribution < -0.4 is 21.9 Å². The highest BCUT2D eigenvalue weighted by Crippen LogP contribution is 2.15. The smallest absolute Gasteiger partial charge is 0.330 e. The third kappa shape index (κ3) is 3.84. The highest BCUT2D eigenvalue weighted by atomic mass is 16.2. The lowest BCUT2D eigenvalue weighted by Crippen LogP contribution is -2.34. The highest BCUT2D eigenvalue weighted by molar-refractivity contribution is 5.94. The first kappa shape index (κ1) is 18.2. The molecule has 0 bridgehead atoms. The van der Waals surface area contributed by atoms with Gasteiger partial charge in [-0.2, -0.15) is 0 Å². The van der Waals surface area contributed by atoms with Crippen LogP contribution in [0.2, 0.25) is 0 Å². The van der Waals surface area contributed by atoms with Gasteiger partial charge in [0.15, 0.2) is 0 Å². The number of carbonyl (C=O) groups is 1. The van der Waals surface area contributed by atoms with E-state index in [4.69, 9.17) is 0 Å². The zero-order valence-electron chi connectivity index (χ0n) is 15.2. The lowest BCUT2D eigenvalue weighted by Gasteiger charge is -2.15. The molecule has 0 atom stereocenters. The molecular weight excluding hydrogens is 346 g/mol. The molecule has 1 aromatic carbocycles. The summed E-state index contributed by atoms with van der Waals surface area (Å²) in [6, 6.07) is 11.5. The molecule has 1 amide bonds. The molecule has 0 spiro atoms. The van der Waals surface area contributed by atoms with Gasteiger partial charge in [-0.1, -0.05) is 12.1 Å². The first-order chi connectivity index (χ1) is 13.0. The molecule has 27 heavy (non-hydrogen) atoms. The largest absolute Gasteiger partial charge is 0.381 e. The average molecular weight is 367 g/mol. The third-order valence-electron chi connectivity index (χ3n) is 4.23. The summed E-state index contributed by atoms with van der Waals surface area (Å²) in [6.45, 7) is 2.07. The summed E-state index contributed by atoms with van der Waals surface area (Å²) < 4.78 is 3.28. The number of H-pyrrole nitrogens is 1. The lowest BCUT2D eigenvalue weighted by molar-refractivity contribution is -0.115. The maximum Gasteiger partial charge on any atom is 0.330 e. The van der Waals surface area contributed by atoms with Crippen LogP contribution in [0.25, 0.3) is 5.69 Å². The molecule has 0 unspecified atom stereocenters. The number of aromatic nitrogens is 3. The van der Waals surface area contributed by atoms with Crippen molar-refractivity contribution in [3.05, 3.63) is 75.2 Å². The summed E-state index contributed by atoms with van der Waals surface area (Å²) in [5, 5.41) is 5.43. The molecule has 140 valence electrons. The standard InChI is InChI=1S/C19H21N5O3/c1-3-24-17(16(20-2)18(26)22-19(24)27)21-15(25)12-13-6-8-14(9-7-13)23-10-4-5-11-23/h4-11,20H,3,12H2,1-2H3,(H,21,25)(H,22,26,27). The van der Waals surface area contributed by atoms with Crippen LogP contribution in [0.4, 0.5) is 11.5 Å². The fourth-order valence-electron chi connectivity index (χ4n) is 2.89. The second-order valence-electron chi connectivity index (χ2n) is 5.96. The van der Waals surface area contributed by atoms with Crippen molar-refractivity contribution in [2.75, 3.05) is 17.7 Å². The van der Waals surface area contributed by atoms with Gasteiger partial charge in [0.2, 0.25) is 5.91 Å². The SMILES string of the molecule is CCn1c(NC(=O)Cc2ccc(-n3cccc3)cc2)c(NC)c(=O)[nH]c1=O. The summed E-state index contributed by atoms with van der Waals surface area (Å²) in [7, 11) is 1.56. The maximum absolute atomic E-state index is 12.5. The van der Waals surface area contributed by atoms with E-state index < -0.39 is 11.2 Å². The van der Waals surface area contributed by atoms with Crippen molar-refractivity contribution < 1.29 is 4.79 Å². The van der Waals surface area contributed by atoms with Gasteiger partial charge in [0.1, 0.15) is 11.5 Å². The molecule has 3 rings (SSSR count). The Morgan fingerprint density at radius 3 is 2.37 bits per heavy atom. The van der Waals surface area contributed by atoms with Crippen molar-refractivity contribution in [3.8, 4) is 5.69 Å². The Hall–Kier alpha value is -3.55. The number of hydrogen-bond donors (Lipinski definition) is 3. The quantitative estimate of drug-likeness (QED) is 0.616. The fourth-order valence-corrected chi connectivity index (χ4v) is 2.89. The van der Waals surface area contributed by atoms with Crippen molar-refractivity contribution in [3.63, 3.8) is 0 Å². The van der Waals surface area contributed by atoms with Gasteiger partial charge in [0.05, 0.1) is 6.42 Å². The molecule has 0 aliphatic rings. The molecule has 0 fully saturated rings. The number of amides is 1. The summed E-state index contributed by atoms with van der Waals surface area (Å²) in [5.74, 6) is -0.143. The van der Waals surface area contributed by atoms with Crippen LogP contribution in [0, 0.1) is 0 Å². The molecule has 3 aromatic rings. The minimum absolute atomic E-state index is 0.125. The van der Waals surface area contributed by atoms with Gasteiger partial charge in [0, 0.05) is 31.7 Å². The van der Waals surface area contributed by atoms with Gasteiger partial charge in [-0.05, 0) is 36.8 Å². The van der Waals surface area contributed by atoms with Gasteiger partial charge in [0.25, 0.3) is 5.56 Å². The van der Waals surface area contributed by atoms with Crippen molar-refractivity contribution in [1.29, 1.82) is 0 Å². The number of benzene rings is 1. The van der Waals surface area contributed by atoms with Gasteiger partial charge in [-0.15, -0.1) is 0 Å². The van der Waals surface area contributed by atoms with Crippen molar-refractivity contribution in [2.24, 2.45) is 0 Å². The van der Waals surface area contributed by atoms with E-state index in [1.54, 1.807) is 14.0 Å². The predicted molar refractivity (Wildman–Crippen MR) is 105 cm³/mol. The maximum atomic E-state index is 12.5. The Balaban J connectivity index is 1.80. The minimum Gasteiger partial charge on any atom is -0.381 e. The van der Waals surface area contributed by atoms with Crippen LogP contribution in [0.15, 0.2) is 58.4 Å². The minimum atomic E-state index is -0.571. The number of nitrogens with one attached hydrogen (secondary N) is 3. The molecule has 8 nitrogen and oxygen atoms in total. The zero-order valence-corrected chi connectivity index (χ0v) is 15.2. The molecule has 2 heterocycles. The van der Waals surface area contributed by atoms with E-state index in [1.165, 1.54) is 4.57 Å². The molecule has 0 aliphatic carbocycles.